The maximum absolute atomic E-state index is 13.4. The minimum absolute atomic E-state index is 0.100. The molecular weight excluding hydrogens is 475 g/mol. The van der Waals surface area contributed by atoms with Crippen LogP contribution in [0.3, 0.4) is 0 Å². The number of halogens is 2. The summed E-state index contributed by atoms with van der Waals surface area (Å²) in [6, 6.07) is 22.8. The van der Waals surface area contributed by atoms with Crippen LogP contribution in [-0.4, -0.2) is 15.0 Å². The first kappa shape index (κ1) is 24.2. The molecule has 0 aliphatic carbocycles. The zero-order valence-corrected chi connectivity index (χ0v) is 19.9. The van der Waals surface area contributed by atoms with Gasteiger partial charge in [-0.1, -0.05) is 60.1 Å². The summed E-state index contributed by atoms with van der Waals surface area (Å²) >= 11 is 6.15. The van der Waals surface area contributed by atoms with Gasteiger partial charge in [-0.05, 0) is 59.6 Å². The van der Waals surface area contributed by atoms with Gasteiger partial charge in [-0.15, -0.1) is 0 Å². The van der Waals surface area contributed by atoms with E-state index in [1.165, 1.54) is 24.3 Å². The third kappa shape index (κ3) is 5.93. The molecule has 4 aromatic rings. The van der Waals surface area contributed by atoms with Gasteiger partial charge >= 0.3 is 0 Å². The summed E-state index contributed by atoms with van der Waals surface area (Å²) in [5, 5.41) is 11.1. The number of fused-ring (bicyclic) bond motifs is 1. The van der Waals surface area contributed by atoms with Gasteiger partial charge in [-0.25, -0.2) is 17.9 Å². The van der Waals surface area contributed by atoms with Gasteiger partial charge in [0.2, 0.25) is 10.0 Å². The van der Waals surface area contributed by atoms with Gasteiger partial charge in [0.15, 0.2) is 0 Å². The van der Waals surface area contributed by atoms with Crippen LogP contribution in [0.5, 0.6) is 5.75 Å². The summed E-state index contributed by atoms with van der Waals surface area (Å²) in [4.78, 5) is 0.100. The summed E-state index contributed by atoms with van der Waals surface area (Å²) in [5.74, 6) is 0.340. The molecule has 0 aromatic heterocycles. The van der Waals surface area contributed by atoms with Crippen LogP contribution in [0, 0.1) is 5.82 Å². The lowest BCUT2D eigenvalue weighted by molar-refractivity contribution is 0.302. The first-order valence-electron chi connectivity index (χ1n) is 10.7. The first-order chi connectivity index (χ1) is 16.3. The summed E-state index contributed by atoms with van der Waals surface area (Å²) in [7, 11) is -3.69. The normalized spacial score (nSPS) is 11.6. The first-order valence-corrected chi connectivity index (χ1v) is 12.6. The zero-order chi connectivity index (χ0) is 24.1. The molecule has 0 fully saturated rings. The van der Waals surface area contributed by atoms with Crippen molar-refractivity contribution in [3.8, 4) is 5.75 Å². The molecule has 0 heterocycles. The van der Waals surface area contributed by atoms with E-state index in [0.29, 0.717) is 23.7 Å². The van der Waals surface area contributed by atoms with Crippen LogP contribution in [0.4, 0.5) is 4.39 Å². The molecule has 0 saturated heterocycles. The number of benzene rings is 4. The predicted octanol–water partition coefficient (Wildman–Crippen LogP) is 5.19. The molecule has 176 valence electrons. The van der Waals surface area contributed by atoms with Crippen molar-refractivity contribution in [1.82, 2.24) is 5.32 Å². The molecule has 0 radical (unpaired) electrons. The van der Waals surface area contributed by atoms with Crippen molar-refractivity contribution < 1.29 is 17.5 Å². The van der Waals surface area contributed by atoms with Crippen molar-refractivity contribution in [2.45, 2.75) is 24.5 Å². The molecule has 0 aliphatic rings. The summed E-state index contributed by atoms with van der Waals surface area (Å²) in [6.07, 6.45) is 0.719. The van der Waals surface area contributed by atoms with Gasteiger partial charge in [0.1, 0.15) is 18.2 Å². The third-order valence-electron chi connectivity index (χ3n) is 5.54. The monoisotopic (exact) mass is 498 g/mol. The number of nitrogens with one attached hydrogen (secondary N) is 1. The van der Waals surface area contributed by atoms with E-state index >= 15 is 0 Å². The lowest BCUT2D eigenvalue weighted by atomic mass is 10.0. The van der Waals surface area contributed by atoms with Crippen LogP contribution >= 0.6 is 11.6 Å². The molecule has 0 bridgehead atoms. The highest BCUT2D eigenvalue weighted by Crippen LogP contribution is 2.29. The molecule has 0 saturated carbocycles. The average molecular weight is 499 g/mol. The minimum Gasteiger partial charge on any atom is -0.488 e. The van der Waals surface area contributed by atoms with Crippen molar-refractivity contribution >= 4 is 32.4 Å². The highest BCUT2D eigenvalue weighted by atomic mass is 35.5. The number of sulfonamides is 1. The zero-order valence-electron chi connectivity index (χ0n) is 18.3. The highest BCUT2D eigenvalue weighted by Gasteiger charge is 2.11. The van der Waals surface area contributed by atoms with Gasteiger partial charge in [0.25, 0.3) is 0 Å². The van der Waals surface area contributed by atoms with Gasteiger partial charge in [0, 0.05) is 17.7 Å². The molecule has 34 heavy (non-hydrogen) atoms. The topological polar surface area (TPSA) is 81.4 Å². The number of rotatable bonds is 9. The fourth-order valence-corrected chi connectivity index (χ4v) is 4.46. The van der Waals surface area contributed by atoms with Crippen LogP contribution < -0.4 is 15.2 Å². The Morgan fingerprint density at radius 1 is 0.971 bits per heavy atom. The average Bonchev–Trinajstić information content (AvgIpc) is 2.81. The van der Waals surface area contributed by atoms with E-state index in [1.807, 2.05) is 30.3 Å². The number of hydrogen-bond donors (Lipinski definition) is 2. The Balaban J connectivity index is 1.46. The molecule has 0 aliphatic heterocycles. The standard InChI is InChI=1S/C26H24ClFN2O3S/c27-25-15-21(28)9-7-20(25)17-33-26-12-8-19-3-1-2-4-23(19)24(26)16-30-14-13-18-5-10-22(11-6-18)34(29,31)32/h1-12,15,30H,13-14,16-17H2,(H2,29,31,32). The van der Waals surface area contributed by atoms with Crippen LogP contribution in [0.15, 0.2) is 83.8 Å². The summed E-state index contributed by atoms with van der Waals surface area (Å²) in [5.41, 5.74) is 2.72. The molecule has 5 nitrogen and oxygen atoms in total. The number of nitrogens with two attached hydrogens (primary N) is 1. The van der Waals surface area contributed by atoms with Crippen molar-refractivity contribution in [3.63, 3.8) is 0 Å². The lowest BCUT2D eigenvalue weighted by Crippen LogP contribution is -2.18. The van der Waals surface area contributed by atoms with E-state index in [9.17, 15) is 12.8 Å². The maximum Gasteiger partial charge on any atom is 0.238 e. The van der Waals surface area contributed by atoms with Gasteiger partial charge in [-0.2, -0.15) is 0 Å². The number of ether oxygens (including phenoxy) is 1. The Morgan fingerprint density at radius 2 is 1.74 bits per heavy atom. The quantitative estimate of drug-likeness (QED) is 0.311. The van der Waals surface area contributed by atoms with Crippen LogP contribution in [0.25, 0.3) is 10.8 Å². The second kappa shape index (κ2) is 10.5. The Hall–Kier alpha value is -2.97. The maximum atomic E-state index is 13.4. The van der Waals surface area contributed by atoms with Crippen molar-refractivity contribution in [2.24, 2.45) is 5.14 Å². The predicted molar refractivity (Wildman–Crippen MR) is 133 cm³/mol. The van der Waals surface area contributed by atoms with Crippen LogP contribution in [-0.2, 0) is 29.6 Å². The van der Waals surface area contributed by atoms with E-state index in [1.54, 1.807) is 18.2 Å². The largest absolute Gasteiger partial charge is 0.488 e. The van der Waals surface area contributed by atoms with Crippen molar-refractivity contribution in [1.29, 1.82) is 0 Å². The van der Waals surface area contributed by atoms with Gasteiger partial charge < -0.3 is 10.1 Å². The van der Waals surface area contributed by atoms with Crippen molar-refractivity contribution in [3.05, 3.63) is 106 Å². The molecule has 0 atom stereocenters. The molecular formula is C26H24ClFN2O3S. The van der Waals surface area contributed by atoms with E-state index in [4.69, 9.17) is 21.5 Å². The third-order valence-corrected chi connectivity index (χ3v) is 6.82. The van der Waals surface area contributed by atoms with Crippen LogP contribution in [0.1, 0.15) is 16.7 Å². The highest BCUT2D eigenvalue weighted by molar-refractivity contribution is 7.89. The molecule has 4 aromatic carbocycles. The number of primary sulfonamides is 1. The molecule has 4 rings (SSSR count). The van der Waals surface area contributed by atoms with E-state index in [-0.39, 0.29) is 17.3 Å². The smallest absolute Gasteiger partial charge is 0.238 e. The second-order valence-electron chi connectivity index (χ2n) is 7.90. The Labute approximate surface area is 203 Å². The van der Waals surface area contributed by atoms with Gasteiger partial charge in [-0.3, -0.25) is 0 Å². The number of hydrogen-bond acceptors (Lipinski definition) is 4. The second-order valence-corrected chi connectivity index (χ2v) is 9.87. The Morgan fingerprint density at radius 3 is 2.47 bits per heavy atom. The minimum atomic E-state index is -3.69. The van der Waals surface area contributed by atoms with Crippen molar-refractivity contribution in [2.75, 3.05) is 6.54 Å². The fourth-order valence-electron chi connectivity index (χ4n) is 3.72. The summed E-state index contributed by atoms with van der Waals surface area (Å²) < 4.78 is 42.3. The van der Waals surface area contributed by atoms with E-state index in [2.05, 4.69) is 11.4 Å². The molecule has 0 spiro atoms. The van der Waals surface area contributed by atoms with Gasteiger partial charge in [0.05, 0.1) is 9.92 Å². The molecule has 3 N–H and O–H groups in total. The molecule has 8 heteroatoms. The lowest BCUT2D eigenvalue weighted by Gasteiger charge is -2.16. The Kier molecular flexibility index (Phi) is 7.48. The van der Waals surface area contributed by atoms with Crippen LogP contribution in [0.2, 0.25) is 5.02 Å². The fraction of sp³-hybridized carbons (Fsp3) is 0.154. The molecule has 0 unspecified atom stereocenters. The van der Waals surface area contributed by atoms with E-state index < -0.39 is 10.0 Å². The van der Waals surface area contributed by atoms with E-state index in [0.717, 1.165) is 34.1 Å². The SMILES string of the molecule is NS(=O)(=O)c1ccc(CCNCc2c(OCc3ccc(F)cc3Cl)ccc3ccccc23)cc1. The summed E-state index contributed by atoms with van der Waals surface area (Å²) in [6.45, 7) is 1.48. The Bertz CT molecular complexity index is 1410. The molecule has 0 amide bonds.